The number of piperazine rings is 1. The zero-order chi connectivity index (χ0) is 25.4. The molecule has 0 saturated carbocycles. The predicted octanol–water partition coefficient (Wildman–Crippen LogP) is 4.40. The first-order valence-electron chi connectivity index (χ1n) is 12.2. The second kappa shape index (κ2) is 9.59. The zero-order valence-electron chi connectivity index (χ0n) is 20.7. The molecule has 1 fully saturated rings. The highest BCUT2D eigenvalue weighted by Gasteiger charge is 2.24. The normalized spacial score (nSPS) is 14.5. The number of hydrogen-bond acceptors (Lipinski definition) is 8. The smallest absolute Gasteiger partial charge is 0.237 e. The highest BCUT2D eigenvalue weighted by molar-refractivity contribution is 5.87. The van der Waals surface area contributed by atoms with E-state index in [1.807, 2.05) is 23.1 Å². The number of carbonyl (C=O) groups is 1. The maximum Gasteiger partial charge on any atom is 0.237 e. The summed E-state index contributed by atoms with van der Waals surface area (Å²) in [6, 6.07) is 20.5. The van der Waals surface area contributed by atoms with Crippen LogP contribution in [0.25, 0.3) is 33.5 Å². The molecule has 6 rings (SSSR count). The van der Waals surface area contributed by atoms with E-state index in [4.69, 9.17) is 9.05 Å². The lowest BCUT2D eigenvalue weighted by molar-refractivity contribution is -0.136. The summed E-state index contributed by atoms with van der Waals surface area (Å²) in [7, 11) is 0. The maximum absolute atomic E-state index is 13.0. The summed E-state index contributed by atoms with van der Waals surface area (Å²) in [6.07, 6.45) is 0. The summed E-state index contributed by atoms with van der Waals surface area (Å²) >= 11 is 0. The Hall–Kier alpha value is -4.37. The molecule has 9 heteroatoms. The van der Waals surface area contributed by atoms with Crippen LogP contribution < -0.4 is 0 Å². The minimum absolute atomic E-state index is 0.132. The van der Waals surface area contributed by atoms with E-state index in [1.54, 1.807) is 13.8 Å². The van der Waals surface area contributed by atoms with Crippen molar-refractivity contribution in [1.82, 2.24) is 30.1 Å². The van der Waals surface area contributed by atoms with Crippen molar-refractivity contribution in [2.45, 2.75) is 26.9 Å². The molecule has 1 aliphatic heterocycles. The number of aryl methyl sites for hydroxylation is 2. The number of amides is 1. The Balaban J connectivity index is 1.11. The number of rotatable bonds is 6. The van der Waals surface area contributed by atoms with Crippen LogP contribution in [-0.2, 0) is 17.9 Å². The fourth-order valence-corrected chi connectivity index (χ4v) is 4.71. The number of nitrogens with zero attached hydrogens (tertiary/aromatic N) is 6. The van der Waals surface area contributed by atoms with Gasteiger partial charge in [0.2, 0.25) is 29.3 Å². The summed E-state index contributed by atoms with van der Waals surface area (Å²) in [5.74, 6) is 2.36. The second-order valence-corrected chi connectivity index (χ2v) is 9.40. The van der Waals surface area contributed by atoms with E-state index in [0.717, 1.165) is 39.6 Å². The van der Waals surface area contributed by atoms with Crippen molar-refractivity contribution in [3.05, 3.63) is 83.6 Å². The van der Waals surface area contributed by atoms with Crippen LogP contribution in [0.15, 0.2) is 69.7 Å². The molecule has 1 saturated heterocycles. The van der Waals surface area contributed by atoms with Gasteiger partial charge in [0.25, 0.3) is 0 Å². The Kier molecular flexibility index (Phi) is 5.97. The topological polar surface area (TPSA) is 101 Å². The van der Waals surface area contributed by atoms with Crippen molar-refractivity contribution in [1.29, 1.82) is 0 Å². The molecular weight excluding hydrogens is 468 g/mol. The third kappa shape index (κ3) is 4.99. The lowest BCUT2D eigenvalue weighted by atomic mass is 10.0. The standard InChI is InChI=1S/C28H26N6O3/c1-18-29-27(31-36-18)23-5-3-4-20(12-23)15-33-10-11-34(26(35)17-33)16-21-6-7-22-8-9-24(14-25(22)13-21)28-30-19(2)37-32-28/h3-9,12-14H,10-11,15-17H2,1-2H3. The molecule has 1 amide bonds. The summed E-state index contributed by atoms with van der Waals surface area (Å²) in [5, 5.41) is 10.2. The molecule has 2 aromatic heterocycles. The number of aromatic nitrogens is 4. The average Bonchev–Trinajstić information content (AvgIpc) is 3.54. The van der Waals surface area contributed by atoms with Gasteiger partial charge in [0.1, 0.15) is 0 Å². The van der Waals surface area contributed by atoms with Gasteiger partial charge in [-0.1, -0.05) is 52.8 Å². The van der Waals surface area contributed by atoms with Crippen molar-refractivity contribution in [3.63, 3.8) is 0 Å². The van der Waals surface area contributed by atoms with E-state index < -0.39 is 0 Å². The molecule has 3 aromatic carbocycles. The van der Waals surface area contributed by atoms with E-state index in [9.17, 15) is 4.79 Å². The summed E-state index contributed by atoms with van der Waals surface area (Å²) in [5.41, 5.74) is 4.03. The number of hydrogen-bond donors (Lipinski definition) is 0. The second-order valence-electron chi connectivity index (χ2n) is 9.40. The molecule has 0 unspecified atom stereocenters. The van der Waals surface area contributed by atoms with E-state index in [0.29, 0.717) is 49.6 Å². The van der Waals surface area contributed by atoms with Gasteiger partial charge in [-0.25, -0.2) is 0 Å². The summed E-state index contributed by atoms with van der Waals surface area (Å²) < 4.78 is 10.2. The molecule has 0 bridgehead atoms. The lowest BCUT2D eigenvalue weighted by Crippen LogP contribution is -2.49. The quantitative estimate of drug-likeness (QED) is 0.342. The Morgan fingerprint density at radius 2 is 1.46 bits per heavy atom. The van der Waals surface area contributed by atoms with Crippen LogP contribution in [-0.4, -0.2) is 55.6 Å². The van der Waals surface area contributed by atoms with Gasteiger partial charge in [0, 0.05) is 51.2 Å². The number of carbonyl (C=O) groups excluding carboxylic acids is 1. The van der Waals surface area contributed by atoms with Crippen LogP contribution in [0.4, 0.5) is 0 Å². The predicted molar refractivity (Wildman–Crippen MR) is 137 cm³/mol. The minimum atomic E-state index is 0.132. The van der Waals surface area contributed by atoms with Gasteiger partial charge >= 0.3 is 0 Å². The van der Waals surface area contributed by atoms with Gasteiger partial charge in [0.15, 0.2) is 0 Å². The molecule has 0 atom stereocenters. The van der Waals surface area contributed by atoms with E-state index in [1.165, 1.54) is 0 Å². The Morgan fingerprint density at radius 1 is 0.757 bits per heavy atom. The highest BCUT2D eigenvalue weighted by Crippen LogP contribution is 2.25. The molecule has 0 radical (unpaired) electrons. The van der Waals surface area contributed by atoms with E-state index in [-0.39, 0.29) is 5.91 Å². The van der Waals surface area contributed by atoms with Crippen molar-refractivity contribution in [2.24, 2.45) is 0 Å². The van der Waals surface area contributed by atoms with E-state index in [2.05, 4.69) is 67.6 Å². The fourth-order valence-electron chi connectivity index (χ4n) is 4.71. The van der Waals surface area contributed by atoms with Crippen molar-refractivity contribution in [3.8, 4) is 22.8 Å². The van der Waals surface area contributed by atoms with Gasteiger partial charge in [0.05, 0.1) is 6.54 Å². The zero-order valence-corrected chi connectivity index (χ0v) is 20.7. The molecule has 9 nitrogen and oxygen atoms in total. The fraction of sp³-hybridized carbons (Fsp3) is 0.250. The van der Waals surface area contributed by atoms with Crippen LogP contribution in [0.3, 0.4) is 0 Å². The van der Waals surface area contributed by atoms with Gasteiger partial charge in [-0.05, 0) is 40.1 Å². The molecule has 0 spiro atoms. The molecule has 186 valence electrons. The van der Waals surface area contributed by atoms with Gasteiger partial charge in [-0.3, -0.25) is 9.69 Å². The molecule has 5 aromatic rings. The molecule has 1 aliphatic rings. The first kappa shape index (κ1) is 23.1. The third-order valence-corrected chi connectivity index (χ3v) is 6.58. The molecule has 0 N–H and O–H groups in total. The maximum atomic E-state index is 13.0. The first-order valence-corrected chi connectivity index (χ1v) is 12.2. The largest absolute Gasteiger partial charge is 0.339 e. The van der Waals surface area contributed by atoms with Gasteiger partial charge in [-0.2, -0.15) is 9.97 Å². The van der Waals surface area contributed by atoms with Crippen molar-refractivity contribution in [2.75, 3.05) is 19.6 Å². The number of fused-ring (bicyclic) bond motifs is 1. The van der Waals surface area contributed by atoms with E-state index >= 15 is 0 Å². The minimum Gasteiger partial charge on any atom is -0.339 e. The summed E-state index contributed by atoms with van der Waals surface area (Å²) in [6.45, 7) is 6.72. The Morgan fingerprint density at radius 3 is 2.16 bits per heavy atom. The van der Waals surface area contributed by atoms with Crippen LogP contribution in [0, 0.1) is 13.8 Å². The summed E-state index contributed by atoms with van der Waals surface area (Å²) in [4.78, 5) is 25.8. The van der Waals surface area contributed by atoms with Gasteiger partial charge in [-0.15, -0.1) is 0 Å². The van der Waals surface area contributed by atoms with Crippen molar-refractivity contribution < 1.29 is 13.8 Å². The Bertz CT molecular complexity index is 1590. The van der Waals surface area contributed by atoms with Crippen LogP contribution in [0.2, 0.25) is 0 Å². The van der Waals surface area contributed by atoms with Crippen molar-refractivity contribution >= 4 is 16.7 Å². The highest BCUT2D eigenvalue weighted by atomic mass is 16.5. The Labute approximate surface area is 213 Å². The third-order valence-electron chi connectivity index (χ3n) is 6.58. The van der Waals surface area contributed by atoms with Gasteiger partial charge < -0.3 is 13.9 Å². The average molecular weight is 495 g/mol. The van der Waals surface area contributed by atoms with Crippen LogP contribution >= 0.6 is 0 Å². The number of benzene rings is 3. The SMILES string of the molecule is Cc1nc(-c2cccc(CN3CCN(Cc4ccc5ccc(-c6noc(C)n6)cc5c4)C(=O)C3)c2)no1. The monoisotopic (exact) mass is 494 g/mol. The molecule has 0 aliphatic carbocycles. The molecule has 3 heterocycles. The molecular formula is C28H26N6O3. The lowest BCUT2D eigenvalue weighted by Gasteiger charge is -2.34. The van der Waals surface area contributed by atoms with Crippen LogP contribution in [0.1, 0.15) is 22.9 Å². The first-order chi connectivity index (χ1) is 18.0. The van der Waals surface area contributed by atoms with Crippen LogP contribution in [0.5, 0.6) is 0 Å². The molecule has 37 heavy (non-hydrogen) atoms.